The molecule has 3 rings (SSSR count). The van der Waals surface area contributed by atoms with E-state index in [-0.39, 0.29) is 31.0 Å². The topological polar surface area (TPSA) is 111 Å². The number of ether oxygens (including phenoxy) is 2. The molecule has 0 saturated heterocycles. The third-order valence-corrected chi connectivity index (χ3v) is 4.93. The van der Waals surface area contributed by atoms with Crippen LogP contribution in [0, 0.1) is 10.1 Å². The molecule has 9 nitrogen and oxygen atoms in total. The first-order valence-electron chi connectivity index (χ1n) is 9.65. The Morgan fingerprint density at radius 3 is 2.58 bits per heavy atom. The van der Waals surface area contributed by atoms with E-state index < -0.39 is 23.0 Å². The average Bonchev–Trinajstić information content (AvgIpc) is 2.77. The maximum absolute atomic E-state index is 12.9. The summed E-state index contributed by atoms with van der Waals surface area (Å²) in [5, 5.41) is 14.0. The van der Waals surface area contributed by atoms with Gasteiger partial charge in [-0.05, 0) is 18.1 Å². The van der Waals surface area contributed by atoms with Gasteiger partial charge in [0.1, 0.15) is 6.61 Å². The quantitative estimate of drug-likeness (QED) is 0.301. The zero-order valence-corrected chi connectivity index (χ0v) is 17.2. The summed E-state index contributed by atoms with van der Waals surface area (Å²) in [6.45, 7) is 2.19. The number of benzene rings is 2. The predicted molar refractivity (Wildman–Crippen MR) is 112 cm³/mol. The number of carbonyl (C=O) groups excluding carboxylic acids is 2. The first-order valence-corrected chi connectivity index (χ1v) is 9.65. The second kappa shape index (κ2) is 9.86. The zero-order valence-electron chi connectivity index (χ0n) is 17.2. The minimum absolute atomic E-state index is 0.0421. The SMILES string of the molecule is COCCOC(=O)C1=C(C)N(Cc2ccccc2)C(=O)NC1c1cccc([N+](=O)[O-])c1. The van der Waals surface area contributed by atoms with Gasteiger partial charge in [0, 0.05) is 24.9 Å². The second-order valence-electron chi connectivity index (χ2n) is 6.93. The number of non-ortho nitro benzene ring substituents is 1. The van der Waals surface area contributed by atoms with E-state index in [2.05, 4.69) is 5.32 Å². The minimum atomic E-state index is -0.880. The molecule has 2 aromatic carbocycles. The highest BCUT2D eigenvalue weighted by Gasteiger charge is 2.37. The number of amides is 2. The van der Waals surface area contributed by atoms with Crippen LogP contribution in [0.1, 0.15) is 24.1 Å². The summed E-state index contributed by atoms with van der Waals surface area (Å²) in [7, 11) is 1.49. The Bertz CT molecular complexity index is 1010. The molecular formula is C22H23N3O6. The molecule has 1 N–H and O–H groups in total. The number of nitrogens with zero attached hydrogens (tertiary/aromatic N) is 2. The van der Waals surface area contributed by atoms with Crippen molar-refractivity contribution in [3.8, 4) is 0 Å². The van der Waals surface area contributed by atoms with Gasteiger partial charge in [-0.15, -0.1) is 0 Å². The summed E-state index contributed by atoms with van der Waals surface area (Å²) < 4.78 is 10.3. The first-order chi connectivity index (χ1) is 14.9. The number of nitrogens with one attached hydrogen (secondary N) is 1. The zero-order chi connectivity index (χ0) is 22.4. The van der Waals surface area contributed by atoms with Gasteiger partial charge in [0.15, 0.2) is 0 Å². The standard InChI is InChI=1S/C22H23N3O6/c1-15-19(21(26)31-12-11-30-2)20(17-9-6-10-18(13-17)25(28)29)23-22(27)24(15)14-16-7-4-3-5-8-16/h3-10,13,20H,11-12,14H2,1-2H3,(H,23,27). The van der Waals surface area contributed by atoms with Crippen LogP contribution in [0.3, 0.4) is 0 Å². The Kier molecular flexibility index (Phi) is 6.99. The Balaban J connectivity index is 2.01. The van der Waals surface area contributed by atoms with Crippen molar-refractivity contribution in [2.45, 2.75) is 19.5 Å². The fourth-order valence-corrected chi connectivity index (χ4v) is 3.37. The number of methoxy groups -OCH3 is 1. The van der Waals surface area contributed by atoms with Gasteiger partial charge in [0.25, 0.3) is 5.69 Å². The van der Waals surface area contributed by atoms with E-state index in [1.54, 1.807) is 13.0 Å². The normalized spacial score (nSPS) is 16.1. The largest absolute Gasteiger partial charge is 0.460 e. The smallest absolute Gasteiger partial charge is 0.338 e. The van der Waals surface area contributed by atoms with Crippen LogP contribution in [-0.2, 0) is 20.8 Å². The van der Waals surface area contributed by atoms with Crippen LogP contribution >= 0.6 is 0 Å². The number of hydrogen-bond acceptors (Lipinski definition) is 6. The van der Waals surface area contributed by atoms with E-state index in [0.717, 1.165) is 5.56 Å². The summed E-state index contributed by atoms with van der Waals surface area (Å²) in [6, 6.07) is 13.9. The van der Waals surface area contributed by atoms with E-state index in [4.69, 9.17) is 9.47 Å². The number of nitro groups is 1. The lowest BCUT2D eigenvalue weighted by Crippen LogP contribution is -2.47. The number of hydrogen-bond donors (Lipinski definition) is 1. The van der Waals surface area contributed by atoms with Crippen LogP contribution in [0.4, 0.5) is 10.5 Å². The van der Waals surface area contributed by atoms with Gasteiger partial charge in [-0.3, -0.25) is 15.0 Å². The fourth-order valence-electron chi connectivity index (χ4n) is 3.37. The first kappa shape index (κ1) is 22.0. The molecule has 2 amide bonds. The van der Waals surface area contributed by atoms with Crippen LogP contribution in [-0.4, -0.2) is 42.1 Å². The molecular weight excluding hydrogens is 402 g/mol. The van der Waals surface area contributed by atoms with Crippen molar-refractivity contribution >= 4 is 17.7 Å². The van der Waals surface area contributed by atoms with Crippen molar-refractivity contribution in [3.63, 3.8) is 0 Å². The molecule has 9 heteroatoms. The highest BCUT2D eigenvalue weighted by atomic mass is 16.6. The van der Waals surface area contributed by atoms with Gasteiger partial charge < -0.3 is 14.8 Å². The monoisotopic (exact) mass is 425 g/mol. The van der Waals surface area contributed by atoms with Gasteiger partial charge in [-0.25, -0.2) is 9.59 Å². The van der Waals surface area contributed by atoms with Crippen LogP contribution in [0.15, 0.2) is 65.9 Å². The number of carbonyl (C=O) groups is 2. The Morgan fingerprint density at radius 1 is 1.16 bits per heavy atom. The fraction of sp³-hybridized carbons (Fsp3) is 0.273. The number of allylic oxidation sites excluding steroid dienone is 1. The van der Waals surface area contributed by atoms with Gasteiger partial charge in [-0.1, -0.05) is 42.5 Å². The molecule has 1 atom stereocenters. The van der Waals surface area contributed by atoms with Crippen LogP contribution in [0.5, 0.6) is 0 Å². The molecule has 1 aliphatic heterocycles. The Hall–Kier alpha value is -3.72. The maximum Gasteiger partial charge on any atom is 0.338 e. The molecule has 2 aromatic rings. The summed E-state index contributed by atoms with van der Waals surface area (Å²) in [6.07, 6.45) is 0. The van der Waals surface area contributed by atoms with E-state index in [1.807, 2.05) is 30.3 Å². The molecule has 1 heterocycles. The van der Waals surface area contributed by atoms with E-state index >= 15 is 0 Å². The van der Waals surface area contributed by atoms with Gasteiger partial charge in [-0.2, -0.15) is 0 Å². The number of urea groups is 1. The van der Waals surface area contributed by atoms with Crippen molar-refractivity contribution in [1.29, 1.82) is 0 Å². The summed E-state index contributed by atoms with van der Waals surface area (Å²) >= 11 is 0. The predicted octanol–water partition coefficient (Wildman–Crippen LogP) is 3.32. The van der Waals surface area contributed by atoms with Gasteiger partial charge >= 0.3 is 12.0 Å². The number of rotatable bonds is 8. The van der Waals surface area contributed by atoms with E-state index in [9.17, 15) is 19.7 Å². The molecule has 31 heavy (non-hydrogen) atoms. The molecule has 162 valence electrons. The molecule has 0 saturated carbocycles. The van der Waals surface area contributed by atoms with Crippen molar-refractivity contribution in [3.05, 3.63) is 87.1 Å². The molecule has 0 bridgehead atoms. The molecule has 0 radical (unpaired) electrons. The highest BCUT2D eigenvalue weighted by Crippen LogP contribution is 2.33. The van der Waals surface area contributed by atoms with Crippen molar-refractivity contribution in [2.75, 3.05) is 20.3 Å². The van der Waals surface area contributed by atoms with Crippen LogP contribution in [0.25, 0.3) is 0 Å². The van der Waals surface area contributed by atoms with Crippen LogP contribution in [0.2, 0.25) is 0 Å². The van der Waals surface area contributed by atoms with E-state index in [0.29, 0.717) is 11.3 Å². The second-order valence-corrected chi connectivity index (χ2v) is 6.93. The minimum Gasteiger partial charge on any atom is -0.460 e. The average molecular weight is 425 g/mol. The Morgan fingerprint density at radius 2 is 1.90 bits per heavy atom. The van der Waals surface area contributed by atoms with E-state index in [1.165, 1.54) is 30.2 Å². The molecule has 0 aromatic heterocycles. The maximum atomic E-state index is 12.9. The van der Waals surface area contributed by atoms with Crippen molar-refractivity contribution < 1.29 is 24.0 Å². The molecule has 0 spiro atoms. The van der Waals surface area contributed by atoms with Gasteiger partial charge in [0.2, 0.25) is 0 Å². The van der Waals surface area contributed by atoms with Crippen molar-refractivity contribution in [1.82, 2.24) is 10.2 Å². The number of nitro benzene ring substituents is 1. The third-order valence-electron chi connectivity index (χ3n) is 4.93. The molecule has 1 aliphatic rings. The summed E-state index contributed by atoms with van der Waals surface area (Å²) in [5.41, 5.74) is 1.81. The molecule has 0 fully saturated rings. The number of esters is 1. The molecule has 0 aliphatic carbocycles. The summed E-state index contributed by atoms with van der Waals surface area (Å²) in [4.78, 5) is 38.0. The third kappa shape index (κ3) is 5.07. The van der Waals surface area contributed by atoms with Gasteiger partial charge in [0.05, 0.1) is 29.7 Å². The molecule has 1 unspecified atom stereocenters. The van der Waals surface area contributed by atoms with Crippen molar-refractivity contribution in [2.24, 2.45) is 0 Å². The lowest BCUT2D eigenvalue weighted by molar-refractivity contribution is -0.384. The highest BCUT2D eigenvalue weighted by molar-refractivity contribution is 5.95. The van der Waals surface area contributed by atoms with Crippen LogP contribution < -0.4 is 5.32 Å². The lowest BCUT2D eigenvalue weighted by atomic mass is 9.94. The summed E-state index contributed by atoms with van der Waals surface area (Å²) in [5.74, 6) is -0.621. The Labute approximate surface area is 179 Å². The lowest BCUT2D eigenvalue weighted by Gasteiger charge is -2.35.